The lowest BCUT2D eigenvalue weighted by molar-refractivity contribution is -0.123. The van der Waals surface area contributed by atoms with E-state index in [0.29, 0.717) is 0 Å². The summed E-state index contributed by atoms with van der Waals surface area (Å²) in [4.78, 5) is 24.9. The Kier molecular flexibility index (Phi) is 5.55. The van der Waals surface area contributed by atoms with E-state index in [1.807, 2.05) is 38.1 Å². The molecule has 0 fully saturated rings. The monoisotopic (exact) mass is 262 g/mol. The van der Waals surface area contributed by atoms with Crippen LogP contribution in [0.25, 0.3) is 0 Å². The van der Waals surface area contributed by atoms with Gasteiger partial charge >= 0.3 is 0 Å². The van der Waals surface area contributed by atoms with Crippen LogP contribution >= 0.6 is 0 Å². The molecule has 1 aromatic rings. The Morgan fingerprint density at radius 1 is 1.21 bits per heavy atom. The molecular formula is C15H22N2O2. The van der Waals surface area contributed by atoms with Crippen LogP contribution in [0.4, 0.5) is 5.69 Å². The molecular weight excluding hydrogens is 240 g/mol. The minimum absolute atomic E-state index is 0.0545. The van der Waals surface area contributed by atoms with Crippen LogP contribution in [0.2, 0.25) is 0 Å². The normalized spacial score (nSPS) is 10.4. The molecule has 2 amide bonds. The van der Waals surface area contributed by atoms with E-state index in [1.165, 1.54) is 17.4 Å². The molecule has 4 heteroatoms. The number of nitrogens with zero attached hydrogens (tertiary/aromatic N) is 1. The molecule has 0 spiro atoms. The quantitative estimate of drug-likeness (QED) is 0.883. The van der Waals surface area contributed by atoms with E-state index in [0.717, 1.165) is 12.1 Å². The van der Waals surface area contributed by atoms with Gasteiger partial charge in [-0.05, 0) is 38.0 Å². The average molecular weight is 262 g/mol. The fourth-order valence-corrected chi connectivity index (χ4v) is 1.81. The highest BCUT2D eigenvalue weighted by Gasteiger charge is 2.15. The van der Waals surface area contributed by atoms with Crippen molar-refractivity contribution in [1.82, 2.24) is 5.32 Å². The van der Waals surface area contributed by atoms with E-state index in [9.17, 15) is 9.59 Å². The van der Waals surface area contributed by atoms with E-state index >= 15 is 0 Å². The van der Waals surface area contributed by atoms with Gasteiger partial charge < -0.3 is 10.2 Å². The first-order chi connectivity index (χ1) is 8.93. The van der Waals surface area contributed by atoms with Crippen LogP contribution in [0.3, 0.4) is 0 Å². The van der Waals surface area contributed by atoms with Gasteiger partial charge in [-0.2, -0.15) is 0 Å². The molecule has 0 aliphatic heterocycles. The van der Waals surface area contributed by atoms with Crippen molar-refractivity contribution in [2.45, 2.75) is 40.2 Å². The van der Waals surface area contributed by atoms with Crippen LogP contribution in [0.1, 0.15) is 33.3 Å². The summed E-state index contributed by atoms with van der Waals surface area (Å²) < 4.78 is 0. The number of benzene rings is 1. The first-order valence-electron chi connectivity index (χ1n) is 6.60. The molecule has 1 aromatic carbocycles. The molecule has 4 nitrogen and oxygen atoms in total. The second-order valence-corrected chi connectivity index (χ2v) is 4.85. The van der Waals surface area contributed by atoms with Crippen LogP contribution in [-0.2, 0) is 16.0 Å². The summed E-state index contributed by atoms with van der Waals surface area (Å²) in [6.07, 6.45) is 0.953. The van der Waals surface area contributed by atoms with Gasteiger partial charge in [-0.1, -0.05) is 19.1 Å². The second kappa shape index (κ2) is 6.92. The molecule has 104 valence electrons. The number of hydrogen-bond donors (Lipinski definition) is 1. The van der Waals surface area contributed by atoms with Crippen molar-refractivity contribution in [2.24, 2.45) is 0 Å². The SMILES string of the molecule is CCc1ccc(N(CC(=O)NC(C)C)C(C)=O)cc1. The van der Waals surface area contributed by atoms with E-state index < -0.39 is 0 Å². The molecule has 1 N–H and O–H groups in total. The van der Waals surface area contributed by atoms with Gasteiger partial charge in [-0.3, -0.25) is 9.59 Å². The average Bonchev–Trinajstić information content (AvgIpc) is 2.35. The molecule has 0 heterocycles. The summed E-state index contributed by atoms with van der Waals surface area (Å²) in [7, 11) is 0. The van der Waals surface area contributed by atoms with Crippen LogP contribution in [0, 0.1) is 0 Å². The number of rotatable bonds is 5. The summed E-state index contributed by atoms with van der Waals surface area (Å²) >= 11 is 0. The number of amides is 2. The topological polar surface area (TPSA) is 49.4 Å². The van der Waals surface area contributed by atoms with E-state index in [1.54, 1.807) is 0 Å². The third kappa shape index (κ3) is 4.73. The number of hydrogen-bond acceptors (Lipinski definition) is 2. The Balaban J connectivity index is 2.82. The minimum atomic E-state index is -0.148. The number of anilines is 1. The van der Waals surface area contributed by atoms with Crippen molar-refractivity contribution in [3.8, 4) is 0 Å². The Morgan fingerprint density at radius 3 is 2.21 bits per heavy atom. The number of aryl methyl sites for hydroxylation is 1. The van der Waals surface area contributed by atoms with Crippen molar-refractivity contribution < 1.29 is 9.59 Å². The van der Waals surface area contributed by atoms with Crippen molar-refractivity contribution in [1.29, 1.82) is 0 Å². The van der Waals surface area contributed by atoms with Gasteiger partial charge in [-0.15, -0.1) is 0 Å². The van der Waals surface area contributed by atoms with Gasteiger partial charge in [0.2, 0.25) is 11.8 Å². The number of nitrogens with one attached hydrogen (secondary N) is 1. The van der Waals surface area contributed by atoms with Gasteiger partial charge in [0.25, 0.3) is 0 Å². The molecule has 0 aliphatic carbocycles. The zero-order chi connectivity index (χ0) is 14.4. The zero-order valence-corrected chi connectivity index (χ0v) is 12.1. The summed E-state index contributed by atoms with van der Waals surface area (Å²) in [5.41, 5.74) is 1.96. The smallest absolute Gasteiger partial charge is 0.240 e. The maximum Gasteiger partial charge on any atom is 0.240 e. The molecule has 0 radical (unpaired) electrons. The zero-order valence-electron chi connectivity index (χ0n) is 12.1. The number of carbonyl (C=O) groups excluding carboxylic acids is 2. The molecule has 0 unspecified atom stereocenters. The first kappa shape index (κ1) is 15.2. The summed E-state index contributed by atoms with van der Waals surface area (Å²) in [6, 6.07) is 7.78. The predicted octanol–water partition coefficient (Wildman–Crippen LogP) is 2.13. The van der Waals surface area contributed by atoms with Crippen LogP contribution in [0.5, 0.6) is 0 Å². The van der Waals surface area contributed by atoms with Crippen molar-refractivity contribution in [3.05, 3.63) is 29.8 Å². The number of carbonyl (C=O) groups is 2. The van der Waals surface area contributed by atoms with Crippen LogP contribution in [0.15, 0.2) is 24.3 Å². The molecule has 0 aromatic heterocycles. The van der Waals surface area contributed by atoms with Crippen LogP contribution < -0.4 is 10.2 Å². The third-order valence-corrected chi connectivity index (χ3v) is 2.79. The first-order valence-corrected chi connectivity index (χ1v) is 6.60. The lowest BCUT2D eigenvalue weighted by Gasteiger charge is -2.21. The van der Waals surface area contributed by atoms with Crippen molar-refractivity contribution in [2.75, 3.05) is 11.4 Å². The Morgan fingerprint density at radius 2 is 1.79 bits per heavy atom. The Bertz CT molecular complexity index is 438. The molecule has 0 atom stereocenters. The highest BCUT2D eigenvalue weighted by atomic mass is 16.2. The maximum absolute atomic E-state index is 11.8. The lowest BCUT2D eigenvalue weighted by atomic mass is 10.1. The third-order valence-electron chi connectivity index (χ3n) is 2.79. The van der Waals surface area contributed by atoms with E-state index in [-0.39, 0.29) is 24.4 Å². The minimum Gasteiger partial charge on any atom is -0.352 e. The molecule has 1 rings (SSSR count). The van der Waals surface area contributed by atoms with E-state index in [2.05, 4.69) is 12.2 Å². The van der Waals surface area contributed by atoms with E-state index in [4.69, 9.17) is 0 Å². The second-order valence-electron chi connectivity index (χ2n) is 4.85. The Labute approximate surface area is 114 Å². The molecule has 19 heavy (non-hydrogen) atoms. The highest BCUT2D eigenvalue weighted by Crippen LogP contribution is 2.15. The fourth-order valence-electron chi connectivity index (χ4n) is 1.81. The van der Waals surface area contributed by atoms with Gasteiger partial charge in [-0.25, -0.2) is 0 Å². The summed E-state index contributed by atoms with van der Waals surface area (Å²) in [6.45, 7) is 7.39. The summed E-state index contributed by atoms with van der Waals surface area (Å²) in [5.74, 6) is -0.284. The fraction of sp³-hybridized carbons (Fsp3) is 0.467. The van der Waals surface area contributed by atoms with Crippen molar-refractivity contribution >= 4 is 17.5 Å². The summed E-state index contributed by atoms with van der Waals surface area (Å²) in [5, 5.41) is 2.79. The van der Waals surface area contributed by atoms with Gasteiger partial charge in [0.1, 0.15) is 6.54 Å². The van der Waals surface area contributed by atoms with Gasteiger partial charge in [0, 0.05) is 18.7 Å². The predicted molar refractivity (Wildman–Crippen MR) is 77.1 cm³/mol. The van der Waals surface area contributed by atoms with Crippen molar-refractivity contribution in [3.63, 3.8) is 0 Å². The van der Waals surface area contributed by atoms with Gasteiger partial charge in [0.15, 0.2) is 0 Å². The van der Waals surface area contributed by atoms with Gasteiger partial charge in [0.05, 0.1) is 0 Å². The maximum atomic E-state index is 11.8. The standard InChI is InChI=1S/C15H22N2O2/c1-5-13-6-8-14(9-7-13)17(12(4)18)10-15(19)16-11(2)3/h6-9,11H,5,10H2,1-4H3,(H,16,19). The molecule has 0 bridgehead atoms. The molecule has 0 saturated carbocycles. The lowest BCUT2D eigenvalue weighted by Crippen LogP contribution is -2.42. The molecule has 0 saturated heterocycles. The highest BCUT2D eigenvalue weighted by molar-refractivity contribution is 5.97. The molecule has 0 aliphatic rings. The largest absolute Gasteiger partial charge is 0.352 e. The van der Waals surface area contributed by atoms with Crippen LogP contribution in [-0.4, -0.2) is 24.4 Å². The Hall–Kier alpha value is -1.84.